The molecule has 1 aromatic heterocycles. The van der Waals surface area contributed by atoms with E-state index in [0.717, 1.165) is 5.13 Å². The fraction of sp³-hybridized carbons (Fsp3) is 0.500. The fourth-order valence-corrected chi connectivity index (χ4v) is 1.77. The Labute approximate surface area is 85.4 Å². The van der Waals surface area contributed by atoms with Gasteiger partial charge in [0.1, 0.15) is 4.88 Å². The molecule has 1 aliphatic carbocycles. The van der Waals surface area contributed by atoms with E-state index in [1.165, 1.54) is 31.3 Å². The molecule has 0 unspecified atom stereocenters. The average Bonchev–Trinajstić information content (AvgIpc) is 2.82. The lowest BCUT2D eigenvalue weighted by atomic mass is 10.5. The van der Waals surface area contributed by atoms with Gasteiger partial charge in [-0.2, -0.15) is 0 Å². The van der Waals surface area contributed by atoms with E-state index in [4.69, 9.17) is 0 Å². The smallest absolute Gasteiger partial charge is 0.286 e. The highest BCUT2D eigenvalue weighted by Crippen LogP contribution is 2.27. The first-order valence-corrected chi connectivity index (χ1v) is 5.17. The molecule has 1 saturated carbocycles. The second-order valence-electron chi connectivity index (χ2n) is 3.08. The second kappa shape index (κ2) is 3.93. The Hall–Kier alpha value is -1.14. The van der Waals surface area contributed by atoms with Crippen molar-refractivity contribution in [3.8, 4) is 0 Å². The van der Waals surface area contributed by atoms with Crippen LogP contribution in [0.15, 0.2) is 6.20 Å². The Bertz CT molecular complexity index is 335. The molecule has 0 aromatic carbocycles. The monoisotopic (exact) mass is 213 g/mol. The molecule has 6 heteroatoms. The lowest BCUT2D eigenvalue weighted by Gasteiger charge is -1.97. The molecule has 0 saturated heterocycles. The summed E-state index contributed by atoms with van der Waals surface area (Å²) in [6.45, 7) is 0. The van der Waals surface area contributed by atoms with Gasteiger partial charge in [0, 0.05) is 6.04 Å². The van der Waals surface area contributed by atoms with Gasteiger partial charge in [-0.1, -0.05) is 11.3 Å². The van der Waals surface area contributed by atoms with Crippen LogP contribution in [0.2, 0.25) is 0 Å². The molecule has 5 nitrogen and oxygen atoms in total. The van der Waals surface area contributed by atoms with Gasteiger partial charge in [-0.05, 0) is 12.8 Å². The SMILES string of the molecule is CONC(=O)c1cnc(NC2CC2)s1. The number of nitrogens with one attached hydrogen (secondary N) is 2. The Kier molecular flexibility index (Phi) is 2.64. The molecule has 2 N–H and O–H groups in total. The molecule has 0 bridgehead atoms. The van der Waals surface area contributed by atoms with Crippen molar-refractivity contribution in [2.75, 3.05) is 12.4 Å². The van der Waals surface area contributed by atoms with Crippen LogP contribution in [0.25, 0.3) is 0 Å². The summed E-state index contributed by atoms with van der Waals surface area (Å²) in [5, 5.41) is 4.02. The highest BCUT2D eigenvalue weighted by atomic mass is 32.1. The van der Waals surface area contributed by atoms with Gasteiger partial charge in [0.15, 0.2) is 5.13 Å². The number of hydrogen-bond donors (Lipinski definition) is 2. The van der Waals surface area contributed by atoms with Gasteiger partial charge in [-0.25, -0.2) is 10.5 Å². The Morgan fingerprint density at radius 1 is 1.71 bits per heavy atom. The van der Waals surface area contributed by atoms with Crippen LogP contribution in [0.4, 0.5) is 5.13 Å². The minimum Gasteiger partial charge on any atom is -0.359 e. The number of aromatic nitrogens is 1. The second-order valence-corrected chi connectivity index (χ2v) is 4.11. The molecule has 0 radical (unpaired) electrons. The third-order valence-corrected chi connectivity index (χ3v) is 2.76. The van der Waals surface area contributed by atoms with Crippen LogP contribution in [0, 0.1) is 0 Å². The van der Waals surface area contributed by atoms with E-state index in [1.54, 1.807) is 6.20 Å². The van der Waals surface area contributed by atoms with Crippen molar-refractivity contribution in [3.05, 3.63) is 11.1 Å². The zero-order valence-corrected chi connectivity index (χ0v) is 8.56. The average molecular weight is 213 g/mol. The number of rotatable bonds is 4. The first kappa shape index (κ1) is 9.42. The molecule has 0 aliphatic heterocycles. The summed E-state index contributed by atoms with van der Waals surface area (Å²) < 4.78 is 0. The molecule has 1 aromatic rings. The topological polar surface area (TPSA) is 63.2 Å². The largest absolute Gasteiger partial charge is 0.359 e. The van der Waals surface area contributed by atoms with Crippen molar-refractivity contribution >= 4 is 22.4 Å². The van der Waals surface area contributed by atoms with Gasteiger partial charge in [0.2, 0.25) is 0 Å². The maximum Gasteiger partial charge on any atom is 0.286 e. The Morgan fingerprint density at radius 3 is 3.14 bits per heavy atom. The number of thiazole rings is 1. The molecule has 14 heavy (non-hydrogen) atoms. The maximum absolute atomic E-state index is 11.3. The Morgan fingerprint density at radius 2 is 2.50 bits per heavy atom. The summed E-state index contributed by atoms with van der Waals surface area (Å²) in [4.78, 5) is 20.4. The minimum atomic E-state index is -0.256. The van der Waals surface area contributed by atoms with Gasteiger partial charge in [0.05, 0.1) is 13.3 Å². The highest BCUT2D eigenvalue weighted by molar-refractivity contribution is 7.17. The number of hydrogen-bond acceptors (Lipinski definition) is 5. The number of carbonyl (C=O) groups excluding carboxylic acids is 1. The van der Waals surface area contributed by atoms with Crippen LogP contribution in [0.3, 0.4) is 0 Å². The predicted octanol–water partition coefficient (Wildman–Crippen LogP) is 1.01. The van der Waals surface area contributed by atoms with E-state index in [2.05, 4.69) is 20.6 Å². The quantitative estimate of drug-likeness (QED) is 0.733. The Balaban J connectivity index is 1.97. The zero-order chi connectivity index (χ0) is 9.97. The van der Waals surface area contributed by atoms with Crippen molar-refractivity contribution in [1.82, 2.24) is 10.5 Å². The fourth-order valence-electron chi connectivity index (χ4n) is 0.991. The van der Waals surface area contributed by atoms with Crippen molar-refractivity contribution in [1.29, 1.82) is 0 Å². The summed E-state index contributed by atoms with van der Waals surface area (Å²) in [5.41, 5.74) is 2.25. The van der Waals surface area contributed by atoms with Crippen molar-refractivity contribution in [3.63, 3.8) is 0 Å². The highest BCUT2D eigenvalue weighted by Gasteiger charge is 2.22. The first-order valence-electron chi connectivity index (χ1n) is 4.35. The molecule has 1 aliphatic rings. The number of hydroxylamine groups is 1. The van der Waals surface area contributed by atoms with Crippen molar-refractivity contribution in [2.24, 2.45) is 0 Å². The van der Waals surface area contributed by atoms with E-state index < -0.39 is 0 Å². The van der Waals surface area contributed by atoms with Gasteiger partial charge in [0.25, 0.3) is 5.91 Å². The number of nitrogens with zero attached hydrogens (tertiary/aromatic N) is 1. The number of carbonyl (C=O) groups is 1. The predicted molar refractivity (Wildman–Crippen MR) is 53.2 cm³/mol. The van der Waals surface area contributed by atoms with E-state index >= 15 is 0 Å². The molecule has 1 amide bonds. The molecular formula is C8H11N3O2S. The zero-order valence-electron chi connectivity index (χ0n) is 7.74. The van der Waals surface area contributed by atoms with Crippen LogP contribution < -0.4 is 10.8 Å². The van der Waals surface area contributed by atoms with Gasteiger partial charge < -0.3 is 5.32 Å². The molecule has 76 valence electrons. The summed E-state index contributed by atoms with van der Waals surface area (Å²) in [6.07, 6.45) is 3.93. The van der Waals surface area contributed by atoms with E-state index in [9.17, 15) is 4.79 Å². The van der Waals surface area contributed by atoms with Crippen LogP contribution in [0.5, 0.6) is 0 Å². The summed E-state index contributed by atoms with van der Waals surface area (Å²) in [7, 11) is 1.41. The number of anilines is 1. The molecular weight excluding hydrogens is 202 g/mol. The lowest BCUT2D eigenvalue weighted by Crippen LogP contribution is -2.20. The molecule has 0 spiro atoms. The van der Waals surface area contributed by atoms with E-state index in [-0.39, 0.29) is 5.91 Å². The van der Waals surface area contributed by atoms with E-state index in [1.807, 2.05) is 0 Å². The molecule has 1 heterocycles. The summed E-state index contributed by atoms with van der Waals surface area (Å²) >= 11 is 1.33. The van der Waals surface area contributed by atoms with Crippen molar-refractivity contribution < 1.29 is 9.63 Å². The van der Waals surface area contributed by atoms with Gasteiger partial charge in [-0.3, -0.25) is 9.63 Å². The number of amides is 1. The molecule has 1 fully saturated rings. The van der Waals surface area contributed by atoms with Gasteiger partial charge >= 0.3 is 0 Å². The van der Waals surface area contributed by atoms with Crippen LogP contribution in [-0.4, -0.2) is 24.0 Å². The summed E-state index contributed by atoms with van der Waals surface area (Å²) in [5.74, 6) is -0.256. The van der Waals surface area contributed by atoms with Crippen LogP contribution >= 0.6 is 11.3 Å². The third-order valence-electron chi connectivity index (χ3n) is 1.83. The summed E-state index contributed by atoms with van der Waals surface area (Å²) in [6, 6.07) is 0.555. The van der Waals surface area contributed by atoms with Crippen molar-refractivity contribution in [2.45, 2.75) is 18.9 Å². The third kappa shape index (κ3) is 2.21. The molecule has 0 atom stereocenters. The van der Waals surface area contributed by atoms with Gasteiger partial charge in [-0.15, -0.1) is 0 Å². The lowest BCUT2D eigenvalue weighted by molar-refractivity contribution is 0.0542. The van der Waals surface area contributed by atoms with Crippen LogP contribution in [0.1, 0.15) is 22.5 Å². The first-order chi connectivity index (χ1) is 6.79. The normalized spacial score (nSPS) is 15.2. The maximum atomic E-state index is 11.3. The van der Waals surface area contributed by atoms with E-state index in [0.29, 0.717) is 10.9 Å². The standard InChI is InChI=1S/C8H11N3O2S/c1-13-11-7(12)6-4-9-8(14-6)10-5-2-3-5/h4-5H,2-3H2,1H3,(H,9,10)(H,11,12). The van der Waals surface area contributed by atoms with Crippen LogP contribution in [-0.2, 0) is 4.84 Å². The molecule has 2 rings (SSSR count). The minimum absolute atomic E-state index is 0.256.